The minimum absolute atomic E-state index is 0.247. The molecule has 0 unspecified atom stereocenters. The highest BCUT2D eigenvalue weighted by Gasteiger charge is 2.20. The van der Waals surface area contributed by atoms with Crippen LogP contribution >= 0.6 is 27.3 Å². The molecule has 0 N–H and O–H groups in total. The number of thiazole rings is 1. The zero-order valence-corrected chi connectivity index (χ0v) is 18.4. The van der Waals surface area contributed by atoms with Gasteiger partial charge in [-0.2, -0.15) is 0 Å². The zero-order chi connectivity index (χ0) is 21.2. The van der Waals surface area contributed by atoms with Gasteiger partial charge in [0.1, 0.15) is 22.8 Å². The molecule has 1 aliphatic rings. The Balaban J connectivity index is 1.41. The number of ether oxygens (including phenoxy) is 2. The molecule has 1 fully saturated rings. The molecule has 4 heterocycles. The lowest BCUT2D eigenvalue weighted by Crippen LogP contribution is -2.36. The van der Waals surface area contributed by atoms with Crippen molar-refractivity contribution in [2.45, 2.75) is 0 Å². The van der Waals surface area contributed by atoms with Crippen molar-refractivity contribution < 1.29 is 18.3 Å². The molecule has 0 atom stereocenters. The standard InChI is InChI=1S/C20H15BrFN5O3S/c21-14-10-12(22)3-4-16(14)29-17-13(2-1-5-23-17)18-25-26-19(30-18)15-11-31-20(24-15)27-6-8-28-9-7-27/h1-5,10-11H,6-9H2. The first-order chi connectivity index (χ1) is 15.2. The molecule has 11 heteroatoms. The molecule has 0 bridgehead atoms. The fraction of sp³-hybridized carbons (Fsp3) is 0.200. The topological polar surface area (TPSA) is 86.4 Å². The number of benzene rings is 1. The molecule has 8 nitrogen and oxygen atoms in total. The van der Waals surface area contributed by atoms with Gasteiger partial charge in [0.25, 0.3) is 11.8 Å². The van der Waals surface area contributed by atoms with Crippen LogP contribution in [0, 0.1) is 5.82 Å². The Morgan fingerprint density at radius 1 is 1.13 bits per heavy atom. The number of nitrogens with zero attached hydrogens (tertiary/aromatic N) is 5. The summed E-state index contributed by atoms with van der Waals surface area (Å²) in [6.07, 6.45) is 1.59. The largest absolute Gasteiger partial charge is 0.437 e. The van der Waals surface area contributed by atoms with Crippen molar-refractivity contribution in [1.29, 1.82) is 0 Å². The van der Waals surface area contributed by atoms with Crippen LogP contribution < -0.4 is 9.64 Å². The van der Waals surface area contributed by atoms with E-state index in [0.29, 0.717) is 40.6 Å². The molecule has 4 aromatic rings. The Morgan fingerprint density at radius 3 is 2.81 bits per heavy atom. The lowest BCUT2D eigenvalue weighted by atomic mass is 10.2. The first-order valence-electron chi connectivity index (χ1n) is 9.38. The molecule has 31 heavy (non-hydrogen) atoms. The molecule has 1 aromatic carbocycles. The summed E-state index contributed by atoms with van der Waals surface area (Å²) in [5, 5.41) is 11.1. The molecule has 3 aromatic heterocycles. The van der Waals surface area contributed by atoms with Gasteiger partial charge in [-0.25, -0.2) is 14.4 Å². The van der Waals surface area contributed by atoms with Crippen LogP contribution in [-0.2, 0) is 4.74 Å². The Kier molecular flexibility index (Phi) is 5.62. The van der Waals surface area contributed by atoms with Gasteiger partial charge < -0.3 is 18.8 Å². The Hall–Kier alpha value is -2.89. The maximum atomic E-state index is 13.4. The van der Waals surface area contributed by atoms with Gasteiger partial charge in [0.15, 0.2) is 5.13 Å². The number of pyridine rings is 1. The monoisotopic (exact) mass is 503 g/mol. The molecule has 0 radical (unpaired) electrons. The van der Waals surface area contributed by atoms with E-state index in [1.54, 1.807) is 18.3 Å². The Labute approximate surface area is 188 Å². The van der Waals surface area contributed by atoms with Crippen LogP contribution in [-0.4, -0.2) is 46.5 Å². The number of hydrogen-bond acceptors (Lipinski definition) is 9. The van der Waals surface area contributed by atoms with Gasteiger partial charge in [-0.3, -0.25) is 0 Å². The summed E-state index contributed by atoms with van der Waals surface area (Å²) in [4.78, 5) is 11.1. The fourth-order valence-electron chi connectivity index (χ4n) is 3.00. The van der Waals surface area contributed by atoms with Crippen molar-refractivity contribution in [3.63, 3.8) is 0 Å². The van der Waals surface area contributed by atoms with Gasteiger partial charge in [-0.1, -0.05) is 0 Å². The fourth-order valence-corrected chi connectivity index (χ4v) is 4.28. The number of halogens is 2. The van der Waals surface area contributed by atoms with Gasteiger partial charge >= 0.3 is 0 Å². The highest BCUT2D eigenvalue weighted by atomic mass is 79.9. The maximum absolute atomic E-state index is 13.4. The van der Waals surface area contributed by atoms with Gasteiger partial charge in [-0.15, -0.1) is 21.5 Å². The molecule has 0 aliphatic carbocycles. The third kappa shape index (κ3) is 4.29. The van der Waals surface area contributed by atoms with E-state index in [9.17, 15) is 4.39 Å². The lowest BCUT2D eigenvalue weighted by Gasteiger charge is -2.25. The highest BCUT2D eigenvalue weighted by Crippen LogP contribution is 2.35. The van der Waals surface area contributed by atoms with Crippen molar-refractivity contribution in [2.75, 3.05) is 31.2 Å². The second-order valence-corrected chi connectivity index (χ2v) is 8.25. The van der Waals surface area contributed by atoms with E-state index in [0.717, 1.165) is 18.2 Å². The molecular weight excluding hydrogens is 489 g/mol. The van der Waals surface area contributed by atoms with E-state index in [1.165, 1.54) is 29.5 Å². The van der Waals surface area contributed by atoms with E-state index in [2.05, 4.69) is 41.0 Å². The second-order valence-electron chi connectivity index (χ2n) is 6.56. The second kappa shape index (κ2) is 8.69. The molecule has 0 amide bonds. The van der Waals surface area contributed by atoms with Crippen LogP contribution in [0.5, 0.6) is 11.6 Å². The predicted molar refractivity (Wildman–Crippen MR) is 116 cm³/mol. The van der Waals surface area contributed by atoms with Crippen molar-refractivity contribution in [1.82, 2.24) is 20.2 Å². The number of anilines is 1. The molecule has 1 saturated heterocycles. The molecule has 0 spiro atoms. The van der Waals surface area contributed by atoms with Crippen molar-refractivity contribution in [2.24, 2.45) is 0 Å². The average Bonchev–Trinajstić information content (AvgIpc) is 3.47. The number of aromatic nitrogens is 4. The summed E-state index contributed by atoms with van der Waals surface area (Å²) in [7, 11) is 0. The van der Waals surface area contributed by atoms with Crippen LogP contribution in [0.1, 0.15) is 0 Å². The van der Waals surface area contributed by atoms with E-state index >= 15 is 0 Å². The SMILES string of the molecule is Fc1ccc(Oc2ncccc2-c2nnc(-c3csc(N4CCOCC4)n3)o2)c(Br)c1. The first kappa shape index (κ1) is 20.0. The first-order valence-corrected chi connectivity index (χ1v) is 11.0. The molecule has 1 aliphatic heterocycles. The van der Waals surface area contributed by atoms with Crippen LogP contribution in [0.4, 0.5) is 9.52 Å². The number of morpholine rings is 1. The third-order valence-corrected chi connectivity index (χ3v) is 6.04. The van der Waals surface area contributed by atoms with Crippen molar-refractivity contribution in [3.05, 3.63) is 52.2 Å². The number of rotatable bonds is 5. The normalized spacial score (nSPS) is 14.1. The van der Waals surface area contributed by atoms with Crippen LogP contribution in [0.25, 0.3) is 23.0 Å². The highest BCUT2D eigenvalue weighted by molar-refractivity contribution is 9.10. The van der Waals surface area contributed by atoms with Crippen molar-refractivity contribution >= 4 is 32.4 Å². The van der Waals surface area contributed by atoms with E-state index in [4.69, 9.17) is 13.9 Å². The van der Waals surface area contributed by atoms with Crippen LogP contribution in [0.15, 0.2) is 50.8 Å². The predicted octanol–water partition coefficient (Wildman–Crippen LogP) is 4.79. The summed E-state index contributed by atoms with van der Waals surface area (Å²) in [6, 6.07) is 7.64. The van der Waals surface area contributed by atoms with Gasteiger partial charge in [0, 0.05) is 24.7 Å². The Bertz CT molecular complexity index is 1210. The average molecular weight is 504 g/mol. The minimum atomic E-state index is -0.373. The van der Waals surface area contributed by atoms with Crippen LogP contribution in [0.3, 0.4) is 0 Å². The summed E-state index contributed by atoms with van der Waals surface area (Å²) >= 11 is 4.81. The zero-order valence-electron chi connectivity index (χ0n) is 16.0. The molecule has 0 saturated carbocycles. The van der Waals surface area contributed by atoms with Gasteiger partial charge in [0.2, 0.25) is 5.88 Å². The molecular formula is C20H15BrFN5O3S. The van der Waals surface area contributed by atoms with Gasteiger partial charge in [0.05, 0.1) is 17.7 Å². The maximum Gasteiger partial charge on any atom is 0.267 e. The summed E-state index contributed by atoms with van der Waals surface area (Å²) in [5.74, 6) is 0.857. The minimum Gasteiger partial charge on any atom is -0.437 e. The smallest absolute Gasteiger partial charge is 0.267 e. The summed E-state index contributed by atoms with van der Waals surface area (Å²) in [6.45, 7) is 2.98. The summed E-state index contributed by atoms with van der Waals surface area (Å²) in [5.41, 5.74) is 1.12. The van der Waals surface area contributed by atoms with E-state index in [1.807, 2.05) is 5.38 Å². The molecule has 5 rings (SSSR count). The summed E-state index contributed by atoms with van der Waals surface area (Å²) < 4.78 is 31.0. The van der Waals surface area contributed by atoms with Crippen LogP contribution in [0.2, 0.25) is 0 Å². The van der Waals surface area contributed by atoms with Crippen molar-refractivity contribution in [3.8, 4) is 34.7 Å². The lowest BCUT2D eigenvalue weighted by molar-refractivity contribution is 0.122. The molecule has 158 valence electrons. The third-order valence-electron chi connectivity index (χ3n) is 4.52. The van der Waals surface area contributed by atoms with E-state index < -0.39 is 0 Å². The Morgan fingerprint density at radius 2 is 1.97 bits per heavy atom. The number of hydrogen-bond donors (Lipinski definition) is 0. The van der Waals surface area contributed by atoms with E-state index in [-0.39, 0.29) is 17.6 Å². The van der Waals surface area contributed by atoms with Gasteiger partial charge in [-0.05, 0) is 46.3 Å². The quantitative estimate of drug-likeness (QED) is 0.384.